The molecule has 5 heteroatoms. The monoisotopic (exact) mass is 207 g/mol. The van der Waals surface area contributed by atoms with E-state index in [9.17, 15) is 0 Å². The second-order valence-electron chi connectivity index (χ2n) is 3.59. The van der Waals surface area contributed by atoms with E-state index in [-0.39, 0.29) is 12.5 Å². The molecule has 0 spiro atoms. The topological polar surface area (TPSA) is 74.9 Å². The van der Waals surface area contributed by atoms with Gasteiger partial charge in [0.1, 0.15) is 6.04 Å². The first-order chi connectivity index (χ1) is 7.36. The maximum atomic E-state index is 8.71. The van der Waals surface area contributed by atoms with E-state index in [4.69, 9.17) is 10.5 Å². The molecule has 0 bridgehead atoms. The maximum absolute atomic E-state index is 8.71. The normalized spacial score (nSPS) is 19.1. The van der Waals surface area contributed by atoms with Crippen molar-refractivity contribution in [2.24, 2.45) is 0 Å². The highest BCUT2D eigenvalue weighted by atomic mass is 15.2. The molecule has 0 saturated carbocycles. The first-order valence-electron chi connectivity index (χ1n) is 5.30. The third-order valence-electron chi connectivity index (χ3n) is 2.48. The number of piperazine rings is 1. The van der Waals surface area contributed by atoms with E-state index in [1.54, 1.807) is 0 Å². The van der Waals surface area contributed by atoms with E-state index in [0.29, 0.717) is 0 Å². The van der Waals surface area contributed by atoms with Crippen LogP contribution in [0.25, 0.3) is 0 Å². The minimum Gasteiger partial charge on any atom is -0.314 e. The Morgan fingerprint density at radius 2 is 2.07 bits per heavy atom. The SMILES string of the molecule is N#CCC(C#N)NCCN1CCNCC1. The minimum absolute atomic E-state index is 0.262. The van der Waals surface area contributed by atoms with Gasteiger partial charge in [-0.1, -0.05) is 0 Å². The number of nitriles is 2. The largest absolute Gasteiger partial charge is 0.314 e. The average molecular weight is 207 g/mol. The first-order valence-corrected chi connectivity index (χ1v) is 5.30. The lowest BCUT2D eigenvalue weighted by Crippen LogP contribution is -2.46. The van der Waals surface area contributed by atoms with Crippen LogP contribution in [0.1, 0.15) is 6.42 Å². The van der Waals surface area contributed by atoms with Crippen molar-refractivity contribution in [1.29, 1.82) is 10.5 Å². The van der Waals surface area contributed by atoms with Crippen molar-refractivity contribution in [2.75, 3.05) is 39.3 Å². The van der Waals surface area contributed by atoms with Gasteiger partial charge in [-0.2, -0.15) is 10.5 Å². The summed E-state index contributed by atoms with van der Waals surface area (Å²) in [6, 6.07) is 3.75. The Kier molecular flexibility index (Phi) is 5.72. The molecular weight excluding hydrogens is 190 g/mol. The average Bonchev–Trinajstić information content (AvgIpc) is 2.29. The minimum atomic E-state index is -0.321. The molecule has 0 aliphatic carbocycles. The Hall–Kier alpha value is -1.14. The Balaban J connectivity index is 2.09. The van der Waals surface area contributed by atoms with Crippen molar-refractivity contribution >= 4 is 0 Å². The van der Waals surface area contributed by atoms with Crippen molar-refractivity contribution in [3.63, 3.8) is 0 Å². The molecule has 0 amide bonds. The van der Waals surface area contributed by atoms with Gasteiger partial charge in [0.2, 0.25) is 0 Å². The van der Waals surface area contributed by atoms with Crippen LogP contribution in [0.5, 0.6) is 0 Å². The number of hydrogen-bond donors (Lipinski definition) is 2. The van der Waals surface area contributed by atoms with Crippen LogP contribution in [0.2, 0.25) is 0 Å². The van der Waals surface area contributed by atoms with Crippen molar-refractivity contribution in [3.05, 3.63) is 0 Å². The molecule has 15 heavy (non-hydrogen) atoms. The number of hydrogen-bond acceptors (Lipinski definition) is 5. The van der Waals surface area contributed by atoms with E-state index >= 15 is 0 Å². The van der Waals surface area contributed by atoms with Crippen molar-refractivity contribution in [1.82, 2.24) is 15.5 Å². The Morgan fingerprint density at radius 3 is 2.67 bits per heavy atom. The molecule has 1 rings (SSSR count). The van der Waals surface area contributed by atoms with E-state index in [1.165, 1.54) is 0 Å². The predicted molar refractivity (Wildman–Crippen MR) is 56.9 cm³/mol. The molecule has 5 nitrogen and oxygen atoms in total. The van der Waals surface area contributed by atoms with E-state index in [2.05, 4.69) is 21.6 Å². The second kappa shape index (κ2) is 7.19. The van der Waals surface area contributed by atoms with Gasteiger partial charge in [-0.15, -0.1) is 0 Å². The van der Waals surface area contributed by atoms with Gasteiger partial charge >= 0.3 is 0 Å². The van der Waals surface area contributed by atoms with Crippen LogP contribution in [-0.4, -0.2) is 50.2 Å². The molecule has 0 aromatic carbocycles. The van der Waals surface area contributed by atoms with E-state index in [0.717, 1.165) is 39.3 Å². The Morgan fingerprint density at radius 1 is 1.33 bits per heavy atom. The molecule has 2 N–H and O–H groups in total. The fraction of sp³-hybridized carbons (Fsp3) is 0.800. The Labute approximate surface area is 90.7 Å². The van der Waals surface area contributed by atoms with Gasteiger partial charge in [-0.05, 0) is 0 Å². The van der Waals surface area contributed by atoms with Crippen molar-refractivity contribution in [2.45, 2.75) is 12.5 Å². The first kappa shape index (κ1) is 11.9. The zero-order valence-electron chi connectivity index (χ0n) is 8.87. The summed E-state index contributed by atoms with van der Waals surface area (Å²) in [5.41, 5.74) is 0. The number of nitrogens with one attached hydrogen (secondary N) is 2. The van der Waals surface area contributed by atoms with Gasteiger partial charge in [0.05, 0.1) is 18.6 Å². The smallest absolute Gasteiger partial charge is 0.108 e. The van der Waals surface area contributed by atoms with Crippen LogP contribution in [-0.2, 0) is 0 Å². The highest BCUT2D eigenvalue weighted by molar-refractivity contribution is 4.96. The highest BCUT2D eigenvalue weighted by Crippen LogP contribution is 1.92. The van der Waals surface area contributed by atoms with Crippen molar-refractivity contribution in [3.8, 4) is 12.1 Å². The molecular formula is C10H17N5. The van der Waals surface area contributed by atoms with Gasteiger partial charge in [-0.3, -0.25) is 10.2 Å². The lowest BCUT2D eigenvalue weighted by atomic mass is 10.2. The summed E-state index contributed by atoms with van der Waals surface area (Å²) in [7, 11) is 0. The van der Waals surface area contributed by atoms with Crippen LogP contribution in [0.3, 0.4) is 0 Å². The van der Waals surface area contributed by atoms with Crippen LogP contribution in [0.4, 0.5) is 0 Å². The maximum Gasteiger partial charge on any atom is 0.108 e. The third-order valence-corrected chi connectivity index (χ3v) is 2.48. The summed E-state index contributed by atoms with van der Waals surface area (Å²) >= 11 is 0. The lowest BCUT2D eigenvalue weighted by molar-refractivity contribution is 0.240. The van der Waals surface area contributed by atoms with Gasteiger partial charge < -0.3 is 5.32 Å². The summed E-state index contributed by atoms with van der Waals surface area (Å²) < 4.78 is 0. The third kappa shape index (κ3) is 4.75. The molecule has 1 unspecified atom stereocenters. The zero-order chi connectivity index (χ0) is 10.9. The highest BCUT2D eigenvalue weighted by Gasteiger charge is 2.10. The van der Waals surface area contributed by atoms with Crippen LogP contribution >= 0.6 is 0 Å². The predicted octanol–water partition coefficient (Wildman–Crippen LogP) is -0.713. The molecule has 1 heterocycles. The van der Waals surface area contributed by atoms with Gasteiger partial charge in [0.25, 0.3) is 0 Å². The molecule has 1 atom stereocenters. The summed E-state index contributed by atoms with van der Waals surface area (Å²) in [4.78, 5) is 2.35. The summed E-state index contributed by atoms with van der Waals surface area (Å²) in [6.45, 7) is 5.94. The Bertz CT molecular complexity index is 246. The van der Waals surface area contributed by atoms with Gasteiger partial charge in [0.15, 0.2) is 0 Å². The molecule has 1 saturated heterocycles. The molecule has 1 aliphatic rings. The van der Waals surface area contributed by atoms with E-state index < -0.39 is 0 Å². The second-order valence-corrected chi connectivity index (χ2v) is 3.59. The van der Waals surface area contributed by atoms with Crippen LogP contribution in [0.15, 0.2) is 0 Å². The van der Waals surface area contributed by atoms with Crippen LogP contribution < -0.4 is 10.6 Å². The fourth-order valence-electron chi connectivity index (χ4n) is 1.59. The standard InChI is InChI=1S/C10H17N5/c11-2-1-10(9-12)14-5-8-15-6-3-13-4-7-15/h10,13-14H,1,3-8H2. The fourth-order valence-corrected chi connectivity index (χ4v) is 1.59. The number of rotatable bonds is 5. The number of nitrogens with zero attached hydrogens (tertiary/aromatic N) is 3. The molecule has 0 aromatic rings. The quantitative estimate of drug-likeness (QED) is 0.623. The molecule has 1 aliphatic heterocycles. The summed E-state index contributed by atoms with van der Waals surface area (Å²) in [5.74, 6) is 0. The van der Waals surface area contributed by atoms with Crippen LogP contribution in [0, 0.1) is 22.7 Å². The van der Waals surface area contributed by atoms with Crippen molar-refractivity contribution < 1.29 is 0 Å². The van der Waals surface area contributed by atoms with Gasteiger partial charge in [-0.25, -0.2) is 0 Å². The molecule has 0 radical (unpaired) electrons. The van der Waals surface area contributed by atoms with E-state index in [1.807, 2.05) is 6.07 Å². The summed E-state index contributed by atoms with van der Waals surface area (Å²) in [6.07, 6.45) is 0.262. The molecule has 82 valence electrons. The molecule has 1 fully saturated rings. The zero-order valence-corrected chi connectivity index (χ0v) is 8.87. The molecule has 0 aromatic heterocycles. The van der Waals surface area contributed by atoms with Gasteiger partial charge in [0, 0.05) is 39.3 Å². The lowest BCUT2D eigenvalue weighted by Gasteiger charge is -2.27. The summed E-state index contributed by atoms with van der Waals surface area (Å²) in [5, 5.41) is 23.5.